The largest absolute Gasteiger partial charge is 0.509 e. The number of hydrogen-bond donors (Lipinski definition) is 2. The fraction of sp³-hybridized carbons (Fsp3) is 0.556. The molecule has 0 bridgehead atoms. The van der Waals surface area contributed by atoms with Gasteiger partial charge in [0.2, 0.25) is 0 Å². The summed E-state index contributed by atoms with van der Waals surface area (Å²) in [6.07, 6.45) is 3.65. The van der Waals surface area contributed by atoms with Crippen LogP contribution in [0.4, 0.5) is 4.39 Å². The van der Waals surface area contributed by atoms with E-state index in [9.17, 15) is 9.50 Å². The zero-order chi connectivity index (χ0) is 16.4. The highest BCUT2D eigenvalue weighted by Gasteiger charge is 2.43. The topological polar surface area (TPSA) is 44.7 Å². The maximum Gasteiger partial charge on any atom is 0.165 e. The summed E-state index contributed by atoms with van der Waals surface area (Å²) in [5.74, 6) is 1.57. The third-order valence-corrected chi connectivity index (χ3v) is 5.13. The molecule has 0 radical (unpaired) electrons. The molecular weight excluding hydrogens is 295 g/mol. The highest BCUT2D eigenvalue weighted by atomic mass is 19.1. The number of rotatable bonds is 5. The molecule has 2 aliphatic rings. The summed E-state index contributed by atoms with van der Waals surface area (Å²) in [6, 6.07) is 6.63. The van der Waals surface area contributed by atoms with Crippen LogP contribution in [0.3, 0.4) is 0 Å². The van der Waals surface area contributed by atoms with Gasteiger partial charge in [-0.05, 0) is 43.7 Å². The third-order valence-electron chi connectivity index (χ3n) is 5.13. The monoisotopic (exact) mass is 320 g/mol. The molecule has 4 atom stereocenters. The predicted octanol–water partition coefficient (Wildman–Crippen LogP) is 2.92. The highest BCUT2D eigenvalue weighted by molar-refractivity contribution is 5.24. The molecule has 0 amide bonds. The summed E-state index contributed by atoms with van der Waals surface area (Å²) >= 11 is 0. The summed E-state index contributed by atoms with van der Waals surface area (Å²) in [5.41, 5.74) is 0. The molecule has 0 spiro atoms. The fourth-order valence-electron chi connectivity index (χ4n) is 3.87. The van der Waals surface area contributed by atoms with Gasteiger partial charge in [0, 0.05) is 26.3 Å². The number of fused-ring (bicyclic) bond motifs is 1. The molecule has 4 nitrogen and oxygen atoms in total. The van der Waals surface area contributed by atoms with Crippen molar-refractivity contribution in [1.29, 1.82) is 0 Å². The molecule has 3 rings (SSSR count). The Labute approximate surface area is 136 Å². The average molecular weight is 320 g/mol. The summed E-state index contributed by atoms with van der Waals surface area (Å²) in [7, 11) is 1.78. The first-order valence-corrected chi connectivity index (χ1v) is 8.30. The van der Waals surface area contributed by atoms with Gasteiger partial charge < -0.3 is 15.2 Å². The Morgan fingerprint density at radius 1 is 1.35 bits per heavy atom. The Bertz CT molecular complexity index is 564. The van der Waals surface area contributed by atoms with E-state index in [4.69, 9.17) is 4.74 Å². The molecule has 1 heterocycles. The lowest BCUT2D eigenvalue weighted by Gasteiger charge is -2.25. The van der Waals surface area contributed by atoms with Crippen molar-refractivity contribution in [3.63, 3.8) is 0 Å². The van der Waals surface area contributed by atoms with Crippen LogP contribution in [0.2, 0.25) is 0 Å². The number of aliphatic hydroxyl groups excluding tert-OH is 1. The van der Waals surface area contributed by atoms with Crippen molar-refractivity contribution in [2.75, 3.05) is 20.1 Å². The van der Waals surface area contributed by atoms with E-state index in [-0.39, 0.29) is 18.0 Å². The van der Waals surface area contributed by atoms with Crippen molar-refractivity contribution in [2.24, 2.45) is 11.8 Å². The van der Waals surface area contributed by atoms with Gasteiger partial charge in [-0.2, -0.15) is 0 Å². The average Bonchev–Trinajstić information content (AvgIpc) is 3.07. The van der Waals surface area contributed by atoms with Crippen molar-refractivity contribution in [1.82, 2.24) is 10.2 Å². The van der Waals surface area contributed by atoms with E-state index in [0.29, 0.717) is 23.3 Å². The maximum atomic E-state index is 13.7. The molecule has 1 aromatic rings. The molecule has 0 aromatic heterocycles. The first kappa shape index (κ1) is 16.1. The molecular formula is C18H25FN2O2. The second-order valence-electron chi connectivity index (χ2n) is 6.65. The number of benzene rings is 1. The van der Waals surface area contributed by atoms with E-state index in [1.54, 1.807) is 31.4 Å². The van der Waals surface area contributed by atoms with E-state index in [0.717, 1.165) is 25.9 Å². The summed E-state index contributed by atoms with van der Waals surface area (Å²) in [5, 5.41) is 12.9. The van der Waals surface area contributed by atoms with Crippen LogP contribution in [0.1, 0.15) is 19.8 Å². The third kappa shape index (κ3) is 3.44. The molecule has 1 aliphatic carbocycles. The van der Waals surface area contributed by atoms with Crippen molar-refractivity contribution in [2.45, 2.75) is 31.9 Å². The number of para-hydroxylation sites is 1. The Morgan fingerprint density at radius 2 is 2.00 bits per heavy atom. The molecule has 1 unspecified atom stereocenters. The van der Waals surface area contributed by atoms with E-state index < -0.39 is 0 Å². The molecule has 1 saturated carbocycles. The maximum absolute atomic E-state index is 13.7. The van der Waals surface area contributed by atoms with Crippen molar-refractivity contribution in [3.05, 3.63) is 42.0 Å². The van der Waals surface area contributed by atoms with Crippen LogP contribution in [0, 0.1) is 17.7 Å². The Hall–Kier alpha value is -1.75. The smallest absolute Gasteiger partial charge is 0.165 e. The standard InChI is InChI=1S/C18H25FN2O2/c1-12(17(22)9-20-2)21-10-13-7-15(8-14(13)11-21)23-18-6-4-3-5-16(18)19/h3-6,9,12-15,20,22H,7-8,10-11H2,1-2H3/b17-9+/t12?,13-,14+,15+. The van der Waals surface area contributed by atoms with Crippen LogP contribution in [0.25, 0.3) is 0 Å². The Morgan fingerprint density at radius 3 is 2.61 bits per heavy atom. The van der Waals surface area contributed by atoms with Crippen LogP contribution in [0.15, 0.2) is 36.2 Å². The number of aliphatic hydroxyl groups is 1. The fourth-order valence-corrected chi connectivity index (χ4v) is 3.87. The van der Waals surface area contributed by atoms with Crippen LogP contribution >= 0.6 is 0 Å². The number of nitrogens with one attached hydrogen (secondary N) is 1. The number of nitrogens with zero attached hydrogens (tertiary/aromatic N) is 1. The van der Waals surface area contributed by atoms with Crippen LogP contribution in [-0.2, 0) is 0 Å². The highest BCUT2D eigenvalue weighted by Crippen LogP contribution is 2.41. The van der Waals surface area contributed by atoms with Gasteiger partial charge in [0.25, 0.3) is 0 Å². The number of hydrogen-bond acceptors (Lipinski definition) is 4. The van der Waals surface area contributed by atoms with Crippen LogP contribution in [0.5, 0.6) is 5.75 Å². The predicted molar refractivity (Wildman–Crippen MR) is 87.8 cm³/mol. The number of halogens is 1. The van der Waals surface area contributed by atoms with Crippen molar-refractivity contribution >= 4 is 0 Å². The molecule has 1 saturated heterocycles. The van der Waals surface area contributed by atoms with Gasteiger partial charge in [0.05, 0.1) is 12.1 Å². The molecule has 1 aliphatic heterocycles. The van der Waals surface area contributed by atoms with E-state index in [2.05, 4.69) is 10.2 Å². The summed E-state index contributed by atoms with van der Waals surface area (Å²) in [4.78, 5) is 2.32. The zero-order valence-corrected chi connectivity index (χ0v) is 13.7. The summed E-state index contributed by atoms with van der Waals surface area (Å²) < 4.78 is 19.5. The van der Waals surface area contributed by atoms with Gasteiger partial charge in [-0.3, -0.25) is 4.90 Å². The second kappa shape index (κ2) is 6.79. The molecule has 2 fully saturated rings. The molecule has 23 heavy (non-hydrogen) atoms. The number of ether oxygens (including phenoxy) is 1. The van der Waals surface area contributed by atoms with E-state index >= 15 is 0 Å². The molecule has 126 valence electrons. The normalized spacial score (nSPS) is 29.3. The quantitative estimate of drug-likeness (QED) is 0.819. The SMILES string of the molecule is CN/C=C(/O)C(C)N1C[C@H]2C[C@H](Oc3ccccc3F)C[C@H]2C1. The number of likely N-dealkylation sites (tertiary alicyclic amines) is 1. The molecule has 1 aromatic carbocycles. The van der Waals surface area contributed by atoms with Gasteiger partial charge in [0.1, 0.15) is 5.76 Å². The lowest BCUT2D eigenvalue weighted by Crippen LogP contribution is -2.34. The van der Waals surface area contributed by atoms with Crippen LogP contribution in [-0.4, -0.2) is 42.3 Å². The Kier molecular flexibility index (Phi) is 4.76. The van der Waals surface area contributed by atoms with Gasteiger partial charge >= 0.3 is 0 Å². The van der Waals surface area contributed by atoms with E-state index in [1.165, 1.54) is 6.07 Å². The zero-order valence-electron chi connectivity index (χ0n) is 13.7. The van der Waals surface area contributed by atoms with Crippen LogP contribution < -0.4 is 10.1 Å². The first-order valence-electron chi connectivity index (χ1n) is 8.30. The Balaban J connectivity index is 1.55. The lowest BCUT2D eigenvalue weighted by molar-refractivity contribution is 0.163. The molecule has 5 heteroatoms. The minimum atomic E-state index is -0.290. The molecule has 2 N–H and O–H groups in total. The van der Waals surface area contributed by atoms with Gasteiger partial charge in [-0.15, -0.1) is 0 Å². The second-order valence-corrected chi connectivity index (χ2v) is 6.65. The summed E-state index contributed by atoms with van der Waals surface area (Å²) in [6.45, 7) is 3.95. The first-order chi connectivity index (χ1) is 11.1. The van der Waals surface area contributed by atoms with E-state index in [1.807, 2.05) is 6.92 Å². The minimum Gasteiger partial charge on any atom is -0.509 e. The lowest BCUT2D eigenvalue weighted by atomic mass is 10.0. The van der Waals surface area contributed by atoms with Crippen molar-refractivity contribution < 1.29 is 14.2 Å². The van der Waals surface area contributed by atoms with Gasteiger partial charge in [0.15, 0.2) is 11.6 Å². The van der Waals surface area contributed by atoms with Gasteiger partial charge in [-0.1, -0.05) is 12.1 Å². The van der Waals surface area contributed by atoms with Gasteiger partial charge in [-0.25, -0.2) is 4.39 Å². The van der Waals surface area contributed by atoms with Crippen molar-refractivity contribution in [3.8, 4) is 5.75 Å². The minimum absolute atomic E-state index is 0.0268.